The molecule has 0 aliphatic carbocycles. The fourth-order valence-electron chi connectivity index (χ4n) is 5.18. The Labute approximate surface area is 204 Å². The van der Waals surface area contributed by atoms with Crippen LogP contribution in [0.3, 0.4) is 0 Å². The van der Waals surface area contributed by atoms with Gasteiger partial charge in [-0.25, -0.2) is 0 Å². The molecule has 8 heteroatoms. The summed E-state index contributed by atoms with van der Waals surface area (Å²) in [5.74, 6) is -0.249. The van der Waals surface area contributed by atoms with Gasteiger partial charge in [-0.3, -0.25) is 14.5 Å². The number of carbonyl (C=O) groups excluding carboxylic acids is 3. The summed E-state index contributed by atoms with van der Waals surface area (Å²) in [5, 5.41) is 6.09. The molecule has 2 fully saturated rings. The Hall–Kier alpha value is -2.45. The lowest BCUT2D eigenvalue weighted by atomic mass is 9.80. The Bertz CT molecular complexity index is 832. The quantitative estimate of drug-likeness (QED) is 0.477. The highest BCUT2D eigenvalue weighted by Crippen LogP contribution is 2.30. The zero-order chi connectivity index (χ0) is 24.6. The van der Waals surface area contributed by atoms with Crippen molar-refractivity contribution in [1.82, 2.24) is 20.4 Å². The van der Waals surface area contributed by atoms with Crippen LogP contribution < -0.4 is 15.5 Å². The molecule has 2 saturated heterocycles. The number of nitrogens with zero attached hydrogens (tertiary/aromatic N) is 3. The highest BCUT2D eigenvalue weighted by Gasteiger charge is 2.30. The van der Waals surface area contributed by atoms with Gasteiger partial charge in [-0.1, -0.05) is 13.0 Å². The highest BCUT2D eigenvalue weighted by molar-refractivity contribution is 5.83. The summed E-state index contributed by atoms with van der Waals surface area (Å²) in [6, 6.07) is 5.74. The number of carbonyl (C=O) groups is 3. The molecule has 34 heavy (non-hydrogen) atoms. The van der Waals surface area contributed by atoms with Crippen LogP contribution in [-0.4, -0.2) is 87.3 Å². The third kappa shape index (κ3) is 6.79. The van der Waals surface area contributed by atoms with E-state index >= 15 is 0 Å². The third-order valence-corrected chi connectivity index (χ3v) is 7.48. The molecule has 2 heterocycles. The summed E-state index contributed by atoms with van der Waals surface area (Å²) >= 11 is 0. The summed E-state index contributed by atoms with van der Waals surface area (Å²) in [5.41, 5.74) is 3.67. The van der Waals surface area contributed by atoms with E-state index in [1.807, 2.05) is 6.92 Å². The molecule has 2 aliphatic heterocycles. The number of piperazine rings is 1. The van der Waals surface area contributed by atoms with Crippen molar-refractivity contribution in [3.63, 3.8) is 0 Å². The SMILES string of the molecule is CNC(=O)C(CCC=O)N(C=O)Cc1cc(N2CCN(CC3(C)CCNCC3)CC2)ccc1C. The molecule has 1 unspecified atom stereocenters. The fraction of sp³-hybridized carbons (Fsp3) is 0.654. The molecule has 1 aromatic carbocycles. The predicted octanol–water partition coefficient (Wildman–Crippen LogP) is 1.56. The summed E-state index contributed by atoms with van der Waals surface area (Å²) in [6.07, 6.45) is 4.54. The van der Waals surface area contributed by atoms with E-state index in [9.17, 15) is 14.4 Å². The van der Waals surface area contributed by atoms with Crippen molar-refractivity contribution in [2.24, 2.45) is 5.41 Å². The van der Waals surface area contributed by atoms with Crippen molar-refractivity contribution in [3.8, 4) is 0 Å². The fourth-order valence-corrected chi connectivity index (χ4v) is 5.18. The van der Waals surface area contributed by atoms with Gasteiger partial charge in [0, 0.05) is 58.4 Å². The van der Waals surface area contributed by atoms with Crippen LogP contribution in [0.25, 0.3) is 0 Å². The molecule has 8 nitrogen and oxygen atoms in total. The van der Waals surface area contributed by atoms with Crippen LogP contribution in [-0.2, 0) is 20.9 Å². The highest BCUT2D eigenvalue weighted by atomic mass is 16.2. The van der Waals surface area contributed by atoms with Crippen molar-refractivity contribution >= 4 is 24.3 Å². The van der Waals surface area contributed by atoms with Crippen LogP contribution in [0.4, 0.5) is 5.69 Å². The molecular formula is C26H41N5O3. The predicted molar refractivity (Wildman–Crippen MR) is 135 cm³/mol. The lowest BCUT2D eigenvalue weighted by Gasteiger charge is -2.42. The van der Waals surface area contributed by atoms with Crippen LogP contribution in [0.15, 0.2) is 18.2 Å². The molecular weight excluding hydrogens is 430 g/mol. The maximum absolute atomic E-state index is 12.4. The van der Waals surface area contributed by atoms with Crippen molar-refractivity contribution in [3.05, 3.63) is 29.3 Å². The molecule has 188 valence electrons. The number of amides is 2. The maximum atomic E-state index is 12.4. The molecule has 0 spiro atoms. The molecule has 0 radical (unpaired) electrons. The van der Waals surface area contributed by atoms with Crippen LogP contribution >= 0.6 is 0 Å². The zero-order valence-electron chi connectivity index (χ0n) is 21.0. The van der Waals surface area contributed by atoms with Crippen LogP contribution in [0.1, 0.15) is 43.7 Å². The smallest absolute Gasteiger partial charge is 0.242 e. The average Bonchev–Trinajstić information content (AvgIpc) is 2.85. The summed E-state index contributed by atoms with van der Waals surface area (Å²) in [4.78, 5) is 41.6. The van der Waals surface area contributed by atoms with Crippen molar-refractivity contribution in [1.29, 1.82) is 0 Å². The Balaban J connectivity index is 1.64. The van der Waals surface area contributed by atoms with Gasteiger partial charge in [-0.15, -0.1) is 0 Å². The second-order valence-electron chi connectivity index (χ2n) is 10.1. The van der Waals surface area contributed by atoms with Crippen molar-refractivity contribution < 1.29 is 14.4 Å². The lowest BCUT2D eigenvalue weighted by molar-refractivity contribution is -0.133. The van der Waals surface area contributed by atoms with Gasteiger partial charge >= 0.3 is 0 Å². The first-order valence-electron chi connectivity index (χ1n) is 12.5. The number of piperidine rings is 1. The van der Waals surface area contributed by atoms with Gasteiger partial charge in [0.2, 0.25) is 12.3 Å². The van der Waals surface area contributed by atoms with Gasteiger partial charge in [-0.2, -0.15) is 0 Å². The summed E-state index contributed by atoms with van der Waals surface area (Å²) in [6.45, 7) is 12.3. The van der Waals surface area contributed by atoms with Gasteiger partial charge < -0.3 is 25.2 Å². The number of hydrogen-bond acceptors (Lipinski definition) is 6. The number of likely N-dealkylation sites (N-methyl/N-ethyl adjacent to an activating group) is 1. The number of hydrogen-bond donors (Lipinski definition) is 2. The first kappa shape index (κ1) is 26.2. The van der Waals surface area contributed by atoms with Gasteiger partial charge in [0.25, 0.3) is 0 Å². The standard InChI is InChI=1S/C26H41N5O3/c1-21-6-7-23(17-22(21)18-31(20-33)24(5-4-16-32)25(34)27-3)30-14-12-29(13-15-30)19-26(2)8-10-28-11-9-26/h6-7,16-17,20,24,28H,4-5,8-15,18-19H2,1-3H3,(H,27,34). The number of aldehydes is 1. The maximum Gasteiger partial charge on any atom is 0.242 e. The van der Waals surface area contributed by atoms with Crippen molar-refractivity contribution in [2.75, 3.05) is 57.8 Å². The van der Waals surface area contributed by atoms with Gasteiger partial charge in [-0.05, 0) is 68.0 Å². The van der Waals surface area contributed by atoms with Crippen LogP contribution in [0.5, 0.6) is 0 Å². The Kier molecular flexibility index (Phi) is 9.47. The normalized spacial score (nSPS) is 19.3. The van der Waals surface area contributed by atoms with E-state index in [4.69, 9.17) is 0 Å². The van der Waals surface area contributed by atoms with Gasteiger partial charge in [0.05, 0.1) is 0 Å². The van der Waals surface area contributed by atoms with E-state index < -0.39 is 6.04 Å². The molecule has 0 saturated carbocycles. The molecule has 1 aromatic rings. The zero-order valence-corrected chi connectivity index (χ0v) is 21.0. The molecule has 2 N–H and O–H groups in total. The number of aryl methyl sites for hydroxylation is 1. The van der Waals surface area contributed by atoms with E-state index in [2.05, 4.69) is 45.6 Å². The Morgan fingerprint density at radius 1 is 1.21 bits per heavy atom. The Morgan fingerprint density at radius 3 is 2.53 bits per heavy atom. The number of rotatable bonds is 11. The monoisotopic (exact) mass is 471 g/mol. The minimum Gasteiger partial charge on any atom is -0.369 e. The van der Waals surface area contributed by atoms with E-state index in [0.717, 1.165) is 75.3 Å². The van der Waals surface area contributed by atoms with Gasteiger partial charge in [0.15, 0.2) is 0 Å². The van der Waals surface area contributed by atoms with Crippen LogP contribution in [0, 0.1) is 12.3 Å². The van der Waals surface area contributed by atoms with E-state index in [-0.39, 0.29) is 12.3 Å². The molecule has 2 amide bonds. The minimum absolute atomic E-state index is 0.237. The lowest BCUT2D eigenvalue weighted by Crippen LogP contribution is -2.51. The van der Waals surface area contributed by atoms with E-state index in [1.54, 1.807) is 7.05 Å². The number of benzene rings is 1. The van der Waals surface area contributed by atoms with E-state index in [0.29, 0.717) is 18.4 Å². The third-order valence-electron chi connectivity index (χ3n) is 7.48. The first-order valence-corrected chi connectivity index (χ1v) is 12.5. The van der Waals surface area contributed by atoms with E-state index in [1.165, 1.54) is 17.7 Å². The average molecular weight is 472 g/mol. The van der Waals surface area contributed by atoms with Gasteiger partial charge in [0.1, 0.15) is 12.3 Å². The number of nitrogens with one attached hydrogen (secondary N) is 2. The first-order chi connectivity index (χ1) is 16.4. The van der Waals surface area contributed by atoms with Crippen molar-refractivity contribution in [2.45, 2.75) is 52.1 Å². The van der Waals surface area contributed by atoms with Crippen LogP contribution in [0.2, 0.25) is 0 Å². The summed E-state index contributed by atoms with van der Waals surface area (Å²) in [7, 11) is 1.55. The molecule has 2 aliphatic rings. The molecule has 1 atom stereocenters. The minimum atomic E-state index is -0.657. The largest absolute Gasteiger partial charge is 0.369 e. The summed E-state index contributed by atoms with van der Waals surface area (Å²) < 4.78 is 0. The second-order valence-corrected chi connectivity index (χ2v) is 10.1. The Morgan fingerprint density at radius 2 is 1.91 bits per heavy atom. The topological polar surface area (TPSA) is 85.0 Å². The molecule has 0 aromatic heterocycles. The molecule has 0 bridgehead atoms. The second kappa shape index (κ2) is 12.3. The molecule has 3 rings (SSSR count). The number of anilines is 1.